The second-order valence-electron chi connectivity index (χ2n) is 5.65. The van der Waals surface area contributed by atoms with Crippen molar-refractivity contribution in [1.82, 2.24) is 25.3 Å². The lowest BCUT2D eigenvalue weighted by Gasteiger charge is -2.28. The summed E-state index contributed by atoms with van der Waals surface area (Å²) in [5, 5.41) is 5.17. The van der Waals surface area contributed by atoms with Gasteiger partial charge in [0, 0.05) is 23.7 Å². The number of thioether (sulfide) groups is 2. The summed E-state index contributed by atoms with van der Waals surface area (Å²) in [7, 11) is 0. The fourth-order valence-corrected chi connectivity index (χ4v) is 4.25. The molecule has 1 aliphatic rings. The number of carbonyl (C=O) groups excluding carboxylic acids is 1. The van der Waals surface area contributed by atoms with Crippen LogP contribution in [0, 0.1) is 0 Å². The fraction of sp³-hybridized carbons (Fsp3) is 0.438. The van der Waals surface area contributed by atoms with Crippen LogP contribution in [0.1, 0.15) is 36.2 Å². The second-order valence-corrected chi connectivity index (χ2v) is 8.10. The molecule has 1 saturated carbocycles. The first kappa shape index (κ1) is 18.4. The van der Waals surface area contributed by atoms with Gasteiger partial charge in [-0.25, -0.2) is 19.9 Å². The van der Waals surface area contributed by atoms with Crippen LogP contribution in [0.15, 0.2) is 35.0 Å². The first-order valence-corrected chi connectivity index (χ1v) is 10.4. The summed E-state index contributed by atoms with van der Waals surface area (Å²) in [5.41, 5.74) is 0.246. The zero-order valence-electron chi connectivity index (χ0n) is 13.7. The minimum atomic E-state index is -0.231. The van der Waals surface area contributed by atoms with Crippen molar-refractivity contribution in [2.24, 2.45) is 0 Å². The largest absolute Gasteiger partial charge is 0.348 e. The van der Waals surface area contributed by atoms with Crippen molar-refractivity contribution in [3.05, 3.63) is 35.4 Å². The number of hydrogen-bond donors (Lipinski definition) is 1. The van der Waals surface area contributed by atoms with Crippen LogP contribution >= 0.6 is 35.1 Å². The molecule has 6 nitrogen and oxygen atoms in total. The Morgan fingerprint density at radius 1 is 1.16 bits per heavy atom. The van der Waals surface area contributed by atoms with E-state index in [0.717, 1.165) is 30.8 Å². The van der Waals surface area contributed by atoms with Gasteiger partial charge in [0.2, 0.25) is 0 Å². The van der Waals surface area contributed by atoms with Gasteiger partial charge >= 0.3 is 0 Å². The maximum absolute atomic E-state index is 12.5. The van der Waals surface area contributed by atoms with Gasteiger partial charge in [-0.15, -0.1) is 0 Å². The highest BCUT2D eigenvalue weighted by Crippen LogP contribution is 2.32. The van der Waals surface area contributed by atoms with Crippen LogP contribution in [0.5, 0.6) is 0 Å². The maximum atomic E-state index is 12.5. The number of halogens is 1. The third kappa shape index (κ3) is 5.05. The molecule has 1 amide bonds. The van der Waals surface area contributed by atoms with E-state index in [2.05, 4.69) is 25.3 Å². The summed E-state index contributed by atoms with van der Waals surface area (Å²) in [4.78, 5) is 29.2. The van der Waals surface area contributed by atoms with Gasteiger partial charge in [0.05, 0.1) is 11.2 Å². The van der Waals surface area contributed by atoms with Gasteiger partial charge in [0.25, 0.3) is 5.91 Å². The molecule has 1 N–H and O–H groups in total. The summed E-state index contributed by atoms with van der Waals surface area (Å²) >= 11 is 9.16. The summed E-state index contributed by atoms with van der Waals surface area (Å²) in [6.45, 7) is 0. The van der Waals surface area contributed by atoms with Gasteiger partial charge in [-0.2, -0.15) is 0 Å². The van der Waals surface area contributed by atoms with E-state index in [1.54, 1.807) is 24.2 Å². The van der Waals surface area contributed by atoms with Crippen molar-refractivity contribution >= 4 is 41.0 Å². The third-order valence-corrected chi connectivity index (χ3v) is 6.01. The molecule has 0 aromatic carbocycles. The van der Waals surface area contributed by atoms with E-state index in [-0.39, 0.29) is 22.7 Å². The van der Waals surface area contributed by atoms with E-state index < -0.39 is 0 Å². The molecule has 0 atom stereocenters. The van der Waals surface area contributed by atoms with E-state index in [9.17, 15) is 4.79 Å². The van der Waals surface area contributed by atoms with Crippen LogP contribution in [-0.4, -0.2) is 43.4 Å². The molecule has 1 fully saturated rings. The molecule has 9 heteroatoms. The molecule has 2 aromatic heterocycles. The zero-order valence-corrected chi connectivity index (χ0v) is 16.1. The van der Waals surface area contributed by atoms with E-state index in [4.69, 9.17) is 11.6 Å². The molecule has 25 heavy (non-hydrogen) atoms. The summed E-state index contributed by atoms with van der Waals surface area (Å²) in [6, 6.07) is 1.96. The molecule has 3 rings (SSSR count). The normalized spacial score (nSPS) is 20.2. The SMILES string of the molecule is CSc1ncc(Cl)c(C(=O)NC2CCC(Sc3ncccn3)CC2)n1. The third-order valence-electron chi connectivity index (χ3n) is 3.94. The highest BCUT2D eigenvalue weighted by molar-refractivity contribution is 7.99. The number of hydrogen-bond acceptors (Lipinski definition) is 7. The Labute approximate surface area is 160 Å². The average Bonchev–Trinajstić information content (AvgIpc) is 2.64. The van der Waals surface area contributed by atoms with Crippen LogP contribution in [0.4, 0.5) is 0 Å². The highest BCUT2D eigenvalue weighted by Gasteiger charge is 2.25. The zero-order chi connectivity index (χ0) is 17.6. The average molecular weight is 396 g/mol. The van der Waals surface area contributed by atoms with Crippen molar-refractivity contribution in [1.29, 1.82) is 0 Å². The Hall–Kier alpha value is -1.38. The standard InChI is InChI=1S/C16H18ClN5OS2/c1-24-16-20-9-12(17)13(22-16)14(23)21-10-3-5-11(6-4-10)25-15-18-7-2-8-19-15/h2,7-11H,3-6H2,1H3,(H,21,23). The van der Waals surface area contributed by atoms with Gasteiger partial charge < -0.3 is 5.32 Å². The Kier molecular flexibility index (Phi) is 6.50. The molecule has 2 heterocycles. The Balaban J connectivity index is 1.53. The smallest absolute Gasteiger partial charge is 0.271 e. The van der Waals surface area contributed by atoms with E-state index in [1.165, 1.54) is 18.0 Å². The van der Waals surface area contributed by atoms with Crippen molar-refractivity contribution in [3.63, 3.8) is 0 Å². The van der Waals surface area contributed by atoms with Crippen molar-refractivity contribution in [2.75, 3.05) is 6.26 Å². The van der Waals surface area contributed by atoms with Crippen molar-refractivity contribution in [2.45, 2.75) is 47.3 Å². The lowest BCUT2D eigenvalue weighted by molar-refractivity contribution is 0.0922. The second kappa shape index (κ2) is 8.82. The number of aromatic nitrogens is 4. The van der Waals surface area contributed by atoms with Gasteiger partial charge in [-0.05, 0) is 38.0 Å². The quantitative estimate of drug-likeness (QED) is 0.613. The predicted molar refractivity (Wildman–Crippen MR) is 100 cm³/mol. The van der Waals surface area contributed by atoms with Crippen LogP contribution < -0.4 is 5.32 Å². The van der Waals surface area contributed by atoms with Crippen LogP contribution in [0.25, 0.3) is 0 Å². The minimum absolute atomic E-state index is 0.143. The molecule has 132 valence electrons. The molecule has 1 aliphatic carbocycles. The molecular formula is C16H18ClN5OS2. The van der Waals surface area contributed by atoms with Gasteiger partial charge in [0.1, 0.15) is 0 Å². The van der Waals surface area contributed by atoms with E-state index in [0.29, 0.717) is 10.4 Å². The minimum Gasteiger partial charge on any atom is -0.348 e. The topological polar surface area (TPSA) is 80.7 Å². The number of nitrogens with one attached hydrogen (secondary N) is 1. The molecule has 2 aromatic rings. The molecule has 0 aliphatic heterocycles. The Morgan fingerprint density at radius 3 is 2.56 bits per heavy atom. The maximum Gasteiger partial charge on any atom is 0.271 e. The van der Waals surface area contributed by atoms with Crippen LogP contribution in [0.3, 0.4) is 0 Å². The van der Waals surface area contributed by atoms with Gasteiger partial charge in [0.15, 0.2) is 16.0 Å². The molecule has 0 spiro atoms. The van der Waals surface area contributed by atoms with Crippen LogP contribution in [-0.2, 0) is 0 Å². The highest BCUT2D eigenvalue weighted by atomic mass is 35.5. The van der Waals surface area contributed by atoms with Gasteiger partial charge in [-0.1, -0.05) is 35.1 Å². The summed E-state index contributed by atoms with van der Waals surface area (Å²) < 4.78 is 0. The lowest BCUT2D eigenvalue weighted by atomic mass is 9.95. The monoisotopic (exact) mass is 395 g/mol. The van der Waals surface area contributed by atoms with E-state index in [1.807, 2.05) is 12.3 Å². The van der Waals surface area contributed by atoms with Crippen molar-refractivity contribution in [3.8, 4) is 0 Å². The summed E-state index contributed by atoms with van der Waals surface area (Å²) in [6.07, 6.45) is 10.7. The van der Waals surface area contributed by atoms with E-state index >= 15 is 0 Å². The molecule has 0 unspecified atom stereocenters. The van der Waals surface area contributed by atoms with Crippen molar-refractivity contribution < 1.29 is 4.79 Å². The summed E-state index contributed by atoms with van der Waals surface area (Å²) in [5.74, 6) is -0.231. The molecule has 0 bridgehead atoms. The first-order chi connectivity index (χ1) is 12.2. The number of amides is 1. The Morgan fingerprint density at radius 2 is 1.88 bits per heavy atom. The fourth-order valence-electron chi connectivity index (χ4n) is 2.68. The predicted octanol–water partition coefficient (Wildman–Crippen LogP) is 3.48. The number of nitrogens with zero attached hydrogens (tertiary/aromatic N) is 4. The van der Waals surface area contributed by atoms with Gasteiger partial charge in [-0.3, -0.25) is 4.79 Å². The number of carbonyl (C=O) groups is 1. The Bertz CT molecular complexity index is 726. The lowest BCUT2D eigenvalue weighted by Crippen LogP contribution is -2.38. The molecular weight excluding hydrogens is 378 g/mol. The number of rotatable bonds is 5. The molecule has 0 radical (unpaired) electrons. The van der Waals surface area contributed by atoms with Crippen LogP contribution in [0.2, 0.25) is 5.02 Å². The first-order valence-electron chi connectivity index (χ1n) is 7.96. The molecule has 0 saturated heterocycles.